The molecular weight excluding hydrogens is 383 g/mol. The normalized spacial score (nSPS) is 13.8. The highest BCUT2D eigenvalue weighted by molar-refractivity contribution is 7.53. The predicted molar refractivity (Wildman–Crippen MR) is 99.7 cm³/mol. The molecule has 0 aliphatic heterocycles. The van der Waals surface area contributed by atoms with Gasteiger partial charge in [0.05, 0.1) is 12.8 Å². The van der Waals surface area contributed by atoms with Crippen LogP contribution in [0.4, 0.5) is 4.79 Å². The Labute approximate surface area is 158 Å². The fourth-order valence-corrected chi connectivity index (χ4v) is 3.85. The molecule has 0 N–H and O–H groups in total. The molecule has 0 aliphatic rings. The SMILES string of the molecule is CCOP(=O)(Cc1ccc(Cl)cc1C)OC/C(=N\OC)OC(=O)N(C)C. The van der Waals surface area contributed by atoms with Crippen LogP contribution in [0.2, 0.25) is 5.02 Å². The number of hydrogen-bond acceptors (Lipinski definition) is 7. The van der Waals surface area contributed by atoms with Crippen LogP contribution in [-0.2, 0) is 29.3 Å². The van der Waals surface area contributed by atoms with Crippen molar-refractivity contribution in [1.82, 2.24) is 4.90 Å². The van der Waals surface area contributed by atoms with E-state index in [1.165, 1.54) is 26.1 Å². The lowest BCUT2D eigenvalue weighted by Gasteiger charge is -2.19. The monoisotopic (exact) mass is 406 g/mol. The van der Waals surface area contributed by atoms with Gasteiger partial charge in [0.25, 0.3) is 5.90 Å². The van der Waals surface area contributed by atoms with E-state index in [4.69, 9.17) is 25.4 Å². The Morgan fingerprint density at radius 3 is 2.54 bits per heavy atom. The molecule has 1 aromatic carbocycles. The molecule has 0 aromatic heterocycles. The van der Waals surface area contributed by atoms with E-state index in [9.17, 15) is 9.36 Å². The van der Waals surface area contributed by atoms with Crippen molar-refractivity contribution >= 4 is 31.2 Å². The molecule has 26 heavy (non-hydrogen) atoms. The summed E-state index contributed by atoms with van der Waals surface area (Å²) in [6.45, 7) is 3.41. The molecule has 0 bridgehead atoms. The molecule has 10 heteroatoms. The largest absolute Gasteiger partial charge is 0.415 e. The molecule has 1 amide bonds. The maximum absolute atomic E-state index is 13.0. The summed E-state index contributed by atoms with van der Waals surface area (Å²) in [4.78, 5) is 17.5. The highest BCUT2D eigenvalue weighted by atomic mass is 35.5. The van der Waals surface area contributed by atoms with Crippen molar-refractivity contribution in [1.29, 1.82) is 0 Å². The molecule has 0 saturated carbocycles. The third kappa shape index (κ3) is 7.33. The summed E-state index contributed by atoms with van der Waals surface area (Å²) in [6, 6.07) is 5.24. The second-order valence-corrected chi connectivity index (χ2v) is 7.95. The van der Waals surface area contributed by atoms with E-state index in [0.717, 1.165) is 11.1 Å². The van der Waals surface area contributed by atoms with Crippen molar-refractivity contribution in [2.24, 2.45) is 5.16 Å². The smallest absolute Gasteiger partial charge is 0.396 e. The number of hydrogen-bond donors (Lipinski definition) is 0. The van der Waals surface area contributed by atoms with E-state index in [1.54, 1.807) is 25.1 Å². The van der Waals surface area contributed by atoms with Gasteiger partial charge < -0.3 is 19.0 Å². The zero-order valence-corrected chi connectivity index (χ0v) is 17.2. The molecular formula is C16H24ClN2O6P. The van der Waals surface area contributed by atoms with Crippen LogP contribution in [0.3, 0.4) is 0 Å². The molecule has 1 atom stereocenters. The first kappa shape index (κ1) is 22.4. The lowest BCUT2D eigenvalue weighted by Crippen LogP contribution is -2.27. The second kappa shape index (κ2) is 10.5. The zero-order chi connectivity index (χ0) is 19.7. The summed E-state index contributed by atoms with van der Waals surface area (Å²) in [5, 5.41) is 4.16. The van der Waals surface area contributed by atoms with E-state index in [1.807, 2.05) is 6.92 Å². The molecule has 1 aromatic rings. The second-order valence-electron chi connectivity index (χ2n) is 5.46. The molecule has 1 rings (SSSR count). The maximum atomic E-state index is 13.0. The Balaban J connectivity index is 2.89. The van der Waals surface area contributed by atoms with Gasteiger partial charge in [0.15, 0.2) is 0 Å². The molecule has 0 fully saturated rings. The lowest BCUT2D eigenvalue weighted by atomic mass is 10.1. The summed E-state index contributed by atoms with van der Waals surface area (Å²) in [7, 11) is 0.814. The highest BCUT2D eigenvalue weighted by Crippen LogP contribution is 2.51. The van der Waals surface area contributed by atoms with Gasteiger partial charge >= 0.3 is 13.7 Å². The van der Waals surface area contributed by atoms with Crippen molar-refractivity contribution in [3.63, 3.8) is 0 Å². The van der Waals surface area contributed by atoms with Gasteiger partial charge in [0.1, 0.15) is 13.7 Å². The highest BCUT2D eigenvalue weighted by Gasteiger charge is 2.27. The van der Waals surface area contributed by atoms with E-state index in [0.29, 0.717) is 5.02 Å². The van der Waals surface area contributed by atoms with Crippen LogP contribution >= 0.6 is 19.2 Å². The summed E-state index contributed by atoms with van der Waals surface area (Å²) in [6.07, 6.45) is -0.615. The Hall–Kier alpha value is -1.60. The van der Waals surface area contributed by atoms with Crippen LogP contribution in [0.15, 0.2) is 23.4 Å². The van der Waals surface area contributed by atoms with Crippen LogP contribution in [0, 0.1) is 6.92 Å². The number of amides is 1. The molecule has 0 heterocycles. The molecule has 0 spiro atoms. The van der Waals surface area contributed by atoms with Gasteiger partial charge in [0, 0.05) is 19.1 Å². The van der Waals surface area contributed by atoms with Crippen LogP contribution < -0.4 is 0 Å². The summed E-state index contributed by atoms with van der Waals surface area (Å²) < 4.78 is 28.8. The van der Waals surface area contributed by atoms with Crippen LogP contribution in [0.25, 0.3) is 0 Å². The minimum absolute atomic E-state index is 0.0474. The topological polar surface area (TPSA) is 86.7 Å². The number of carbonyl (C=O) groups is 1. The van der Waals surface area contributed by atoms with Crippen LogP contribution in [0.1, 0.15) is 18.1 Å². The van der Waals surface area contributed by atoms with Crippen molar-refractivity contribution in [3.05, 3.63) is 34.3 Å². The van der Waals surface area contributed by atoms with E-state index < -0.39 is 13.7 Å². The van der Waals surface area contributed by atoms with Crippen molar-refractivity contribution in [3.8, 4) is 0 Å². The average Bonchev–Trinajstić information content (AvgIpc) is 2.56. The predicted octanol–water partition coefficient (Wildman–Crippen LogP) is 4.05. The number of aryl methyl sites for hydroxylation is 1. The number of nitrogens with zero attached hydrogens (tertiary/aromatic N) is 2. The standard InChI is InChI=1S/C16H24ClN2O6P/c1-6-23-26(21,11-13-7-8-14(17)9-12(13)2)24-10-15(18-22-5)25-16(20)19(3)4/h7-9H,6,10-11H2,1-5H3/b18-15+. The summed E-state index contributed by atoms with van der Waals surface area (Å²) in [5.74, 6) is -0.168. The van der Waals surface area contributed by atoms with Gasteiger partial charge in [-0.2, -0.15) is 0 Å². The minimum atomic E-state index is -3.51. The number of halogens is 1. The van der Waals surface area contributed by atoms with Gasteiger partial charge in [-0.15, -0.1) is 0 Å². The number of benzene rings is 1. The van der Waals surface area contributed by atoms with Crippen molar-refractivity contribution in [2.75, 3.05) is 34.4 Å². The Morgan fingerprint density at radius 2 is 2.00 bits per heavy atom. The zero-order valence-electron chi connectivity index (χ0n) is 15.5. The first-order valence-corrected chi connectivity index (χ1v) is 9.93. The van der Waals surface area contributed by atoms with Crippen LogP contribution in [0.5, 0.6) is 0 Å². The summed E-state index contributed by atoms with van der Waals surface area (Å²) >= 11 is 5.95. The fourth-order valence-electron chi connectivity index (χ4n) is 1.89. The Morgan fingerprint density at radius 1 is 1.31 bits per heavy atom. The molecule has 146 valence electrons. The van der Waals surface area contributed by atoms with Gasteiger partial charge in [-0.3, -0.25) is 9.09 Å². The number of rotatable bonds is 8. The van der Waals surface area contributed by atoms with Gasteiger partial charge in [0.2, 0.25) is 0 Å². The Bertz CT molecular complexity index is 695. The van der Waals surface area contributed by atoms with Gasteiger partial charge in [-0.1, -0.05) is 17.7 Å². The van der Waals surface area contributed by atoms with E-state index >= 15 is 0 Å². The average molecular weight is 407 g/mol. The van der Waals surface area contributed by atoms with E-state index in [-0.39, 0.29) is 25.3 Å². The van der Waals surface area contributed by atoms with Crippen molar-refractivity contribution in [2.45, 2.75) is 20.0 Å². The lowest BCUT2D eigenvalue weighted by molar-refractivity contribution is 0.148. The third-order valence-electron chi connectivity index (χ3n) is 3.14. The number of oxime groups is 1. The number of carbonyl (C=O) groups excluding carboxylic acids is 1. The first-order chi connectivity index (χ1) is 12.2. The minimum Gasteiger partial charge on any atom is -0.396 e. The molecule has 1 unspecified atom stereocenters. The molecule has 8 nitrogen and oxygen atoms in total. The quantitative estimate of drug-likeness (QED) is 0.280. The van der Waals surface area contributed by atoms with Gasteiger partial charge in [-0.25, -0.2) is 4.79 Å². The maximum Gasteiger partial charge on any atom is 0.415 e. The van der Waals surface area contributed by atoms with Crippen LogP contribution in [-0.4, -0.2) is 51.3 Å². The first-order valence-electron chi connectivity index (χ1n) is 7.83. The third-order valence-corrected chi connectivity index (χ3v) is 5.28. The van der Waals surface area contributed by atoms with Gasteiger partial charge in [-0.05, 0) is 42.3 Å². The fraction of sp³-hybridized carbons (Fsp3) is 0.500. The van der Waals surface area contributed by atoms with E-state index in [2.05, 4.69) is 9.99 Å². The Kier molecular flexibility index (Phi) is 9.08. The molecule has 0 aliphatic carbocycles. The molecule has 0 saturated heterocycles. The summed E-state index contributed by atoms with van der Waals surface area (Å²) in [5.41, 5.74) is 1.65. The number of ether oxygens (including phenoxy) is 1. The van der Waals surface area contributed by atoms with Crippen molar-refractivity contribution < 1.29 is 28.0 Å². The molecule has 0 radical (unpaired) electrons.